The van der Waals surface area contributed by atoms with Crippen molar-refractivity contribution in [3.05, 3.63) is 42.0 Å². The van der Waals surface area contributed by atoms with E-state index in [0.717, 1.165) is 36.7 Å². The fraction of sp³-hybridized carbons (Fsp3) is 0.368. The molecule has 5 heteroatoms. The maximum absolute atomic E-state index is 12.3. The highest BCUT2D eigenvalue weighted by Gasteiger charge is 2.22. The fourth-order valence-electron chi connectivity index (χ4n) is 3.15. The zero-order valence-electron chi connectivity index (χ0n) is 13.8. The Morgan fingerprint density at radius 3 is 2.67 bits per heavy atom. The Labute approximate surface area is 141 Å². The lowest BCUT2D eigenvalue weighted by Crippen LogP contribution is -2.41. The molecule has 0 bridgehead atoms. The molecule has 5 nitrogen and oxygen atoms in total. The van der Waals surface area contributed by atoms with Crippen LogP contribution in [-0.4, -0.2) is 36.5 Å². The topological polar surface area (TPSA) is 72.6 Å². The summed E-state index contributed by atoms with van der Waals surface area (Å²) in [5.41, 5.74) is 6.62. The summed E-state index contributed by atoms with van der Waals surface area (Å²) < 4.78 is 5.20. The molecular weight excluding hydrogens is 304 g/mol. The van der Waals surface area contributed by atoms with Crippen molar-refractivity contribution in [3.63, 3.8) is 0 Å². The quantitative estimate of drug-likeness (QED) is 0.695. The van der Waals surface area contributed by atoms with Crippen LogP contribution < -0.4 is 5.73 Å². The van der Waals surface area contributed by atoms with Gasteiger partial charge in [0.2, 0.25) is 0 Å². The lowest BCUT2D eigenvalue weighted by Gasteiger charge is -2.30. The molecule has 2 aromatic carbocycles. The van der Waals surface area contributed by atoms with E-state index >= 15 is 0 Å². The number of ether oxygens (including phenoxy) is 1. The third kappa shape index (κ3) is 3.50. The van der Waals surface area contributed by atoms with Gasteiger partial charge in [0, 0.05) is 18.8 Å². The van der Waals surface area contributed by atoms with Gasteiger partial charge in [-0.3, -0.25) is 4.79 Å². The summed E-state index contributed by atoms with van der Waals surface area (Å²) in [4.78, 5) is 26.3. The molecule has 0 aromatic heterocycles. The maximum atomic E-state index is 12.3. The van der Waals surface area contributed by atoms with Crippen molar-refractivity contribution in [1.29, 1.82) is 0 Å². The summed E-state index contributed by atoms with van der Waals surface area (Å²) in [6.07, 6.45) is 2.13. The van der Waals surface area contributed by atoms with Crippen molar-refractivity contribution in [2.24, 2.45) is 5.92 Å². The number of hydrogen-bond donors (Lipinski definition) is 1. The zero-order valence-corrected chi connectivity index (χ0v) is 13.8. The number of amides is 1. The maximum Gasteiger partial charge on any atom is 0.340 e. The van der Waals surface area contributed by atoms with E-state index in [4.69, 9.17) is 10.5 Å². The summed E-state index contributed by atoms with van der Waals surface area (Å²) >= 11 is 0. The van der Waals surface area contributed by atoms with E-state index in [0.29, 0.717) is 17.2 Å². The summed E-state index contributed by atoms with van der Waals surface area (Å²) in [5.74, 6) is -0.208. The van der Waals surface area contributed by atoms with E-state index in [1.54, 1.807) is 17.0 Å². The minimum Gasteiger partial charge on any atom is -0.452 e. The van der Waals surface area contributed by atoms with Crippen molar-refractivity contribution < 1.29 is 14.3 Å². The summed E-state index contributed by atoms with van der Waals surface area (Å²) in [6, 6.07) is 11.1. The molecule has 126 valence electrons. The number of fused-ring (bicyclic) bond motifs is 1. The number of benzene rings is 2. The molecule has 1 saturated heterocycles. The highest BCUT2D eigenvalue weighted by Crippen LogP contribution is 2.22. The lowest BCUT2D eigenvalue weighted by atomic mass is 10.0. The Morgan fingerprint density at radius 2 is 1.96 bits per heavy atom. The van der Waals surface area contributed by atoms with E-state index in [2.05, 4.69) is 6.92 Å². The standard InChI is InChI=1S/C19H22N2O3/c1-13-5-4-8-21(11-13)18(22)12-24-19(23)16-9-14-6-2-3-7-15(14)10-17(16)20/h2-3,6-7,9-10,13H,4-5,8,11-12,20H2,1H3. The van der Waals surface area contributed by atoms with E-state index in [-0.39, 0.29) is 12.5 Å². The van der Waals surface area contributed by atoms with Gasteiger partial charge in [-0.05, 0) is 41.7 Å². The molecule has 3 rings (SSSR count). The molecule has 1 aliphatic heterocycles. The second-order valence-electron chi connectivity index (χ2n) is 6.45. The molecule has 0 spiro atoms. The number of esters is 1. The largest absolute Gasteiger partial charge is 0.452 e. The van der Waals surface area contributed by atoms with Gasteiger partial charge in [0.25, 0.3) is 5.91 Å². The average Bonchev–Trinajstić information content (AvgIpc) is 2.58. The van der Waals surface area contributed by atoms with Gasteiger partial charge in [0.05, 0.1) is 5.56 Å². The summed E-state index contributed by atoms with van der Waals surface area (Å²) in [6.45, 7) is 3.35. The van der Waals surface area contributed by atoms with Gasteiger partial charge in [0.1, 0.15) is 0 Å². The molecule has 2 N–H and O–H groups in total. The minimum absolute atomic E-state index is 0.144. The summed E-state index contributed by atoms with van der Waals surface area (Å²) in [7, 11) is 0. The molecule has 1 aliphatic rings. The molecule has 1 unspecified atom stereocenters. The van der Waals surface area contributed by atoms with Crippen LogP contribution in [0.3, 0.4) is 0 Å². The van der Waals surface area contributed by atoms with Crippen LogP contribution in [-0.2, 0) is 9.53 Å². The normalized spacial score (nSPS) is 17.7. The van der Waals surface area contributed by atoms with Crippen LogP contribution in [0, 0.1) is 5.92 Å². The smallest absolute Gasteiger partial charge is 0.340 e. The van der Waals surface area contributed by atoms with Crippen LogP contribution >= 0.6 is 0 Å². The number of carbonyl (C=O) groups excluding carboxylic acids is 2. The first kappa shape index (κ1) is 16.3. The number of anilines is 1. The molecule has 2 aromatic rings. The molecule has 0 aliphatic carbocycles. The van der Waals surface area contributed by atoms with Crippen molar-refractivity contribution >= 4 is 28.3 Å². The number of nitrogens with two attached hydrogens (primary N) is 1. The van der Waals surface area contributed by atoms with Gasteiger partial charge in [-0.2, -0.15) is 0 Å². The van der Waals surface area contributed by atoms with E-state index in [1.165, 1.54) is 0 Å². The number of piperidine rings is 1. The van der Waals surface area contributed by atoms with Crippen molar-refractivity contribution in [2.45, 2.75) is 19.8 Å². The van der Waals surface area contributed by atoms with Crippen LogP contribution in [0.25, 0.3) is 10.8 Å². The van der Waals surface area contributed by atoms with E-state index < -0.39 is 5.97 Å². The van der Waals surface area contributed by atoms with Crippen molar-refractivity contribution in [3.8, 4) is 0 Å². The highest BCUT2D eigenvalue weighted by molar-refractivity contribution is 6.01. The lowest BCUT2D eigenvalue weighted by molar-refractivity contribution is -0.136. The minimum atomic E-state index is -0.559. The average molecular weight is 326 g/mol. The van der Waals surface area contributed by atoms with Gasteiger partial charge >= 0.3 is 5.97 Å². The Morgan fingerprint density at radius 1 is 1.25 bits per heavy atom. The zero-order chi connectivity index (χ0) is 17.1. The first-order valence-corrected chi connectivity index (χ1v) is 8.28. The third-order valence-corrected chi connectivity index (χ3v) is 4.47. The first-order valence-electron chi connectivity index (χ1n) is 8.28. The molecule has 1 fully saturated rings. The first-order chi connectivity index (χ1) is 11.5. The molecule has 1 amide bonds. The number of carbonyl (C=O) groups is 2. The molecule has 1 atom stereocenters. The van der Waals surface area contributed by atoms with E-state index in [9.17, 15) is 9.59 Å². The number of likely N-dealkylation sites (tertiary alicyclic amines) is 1. The SMILES string of the molecule is CC1CCCN(C(=O)COC(=O)c2cc3ccccc3cc2N)C1. The highest BCUT2D eigenvalue weighted by atomic mass is 16.5. The van der Waals surface area contributed by atoms with Crippen LogP contribution in [0.1, 0.15) is 30.1 Å². The van der Waals surface area contributed by atoms with Gasteiger partial charge in [0.15, 0.2) is 6.61 Å². The predicted octanol–water partition coefficient (Wildman–Crippen LogP) is 2.84. The number of hydrogen-bond acceptors (Lipinski definition) is 4. The van der Waals surface area contributed by atoms with E-state index in [1.807, 2.05) is 24.3 Å². The van der Waals surface area contributed by atoms with Crippen molar-refractivity contribution in [2.75, 3.05) is 25.4 Å². The van der Waals surface area contributed by atoms with Gasteiger partial charge < -0.3 is 15.4 Å². The van der Waals surface area contributed by atoms with Crippen LogP contribution in [0.2, 0.25) is 0 Å². The molecule has 24 heavy (non-hydrogen) atoms. The van der Waals surface area contributed by atoms with Crippen LogP contribution in [0.15, 0.2) is 36.4 Å². The molecule has 0 saturated carbocycles. The monoisotopic (exact) mass is 326 g/mol. The van der Waals surface area contributed by atoms with Gasteiger partial charge in [-0.25, -0.2) is 4.79 Å². The fourth-order valence-corrected chi connectivity index (χ4v) is 3.15. The van der Waals surface area contributed by atoms with Crippen LogP contribution in [0.5, 0.6) is 0 Å². The van der Waals surface area contributed by atoms with Gasteiger partial charge in [-0.15, -0.1) is 0 Å². The van der Waals surface area contributed by atoms with Gasteiger partial charge in [-0.1, -0.05) is 31.2 Å². The predicted molar refractivity (Wildman–Crippen MR) is 93.6 cm³/mol. The second kappa shape index (κ2) is 6.91. The molecular formula is C19H22N2O3. The third-order valence-electron chi connectivity index (χ3n) is 4.47. The molecule has 0 radical (unpaired) electrons. The summed E-state index contributed by atoms with van der Waals surface area (Å²) in [5, 5.41) is 1.87. The number of rotatable bonds is 3. The second-order valence-corrected chi connectivity index (χ2v) is 6.45. The Hall–Kier alpha value is -2.56. The van der Waals surface area contributed by atoms with Crippen molar-refractivity contribution in [1.82, 2.24) is 4.90 Å². The molecule has 1 heterocycles. The number of nitrogens with zero attached hydrogens (tertiary/aromatic N) is 1. The Balaban J connectivity index is 1.66. The Bertz CT molecular complexity index is 772. The van der Waals surface area contributed by atoms with Crippen LogP contribution in [0.4, 0.5) is 5.69 Å². The Kier molecular flexibility index (Phi) is 4.69. The number of nitrogen functional groups attached to an aromatic ring is 1.